The van der Waals surface area contributed by atoms with Gasteiger partial charge in [0, 0.05) is 18.7 Å². The summed E-state index contributed by atoms with van der Waals surface area (Å²) < 4.78 is 29.3. The Morgan fingerprint density at radius 2 is 1.84 bits per heavy atom. The predicted molar refractivity (Wildman–Crippen MR) is 90.4 cm³/mol. The van der Waals surface area contributed by atoms with Crippen molar-refractivity contribution in [3.05, 3.63) is 59.4 Å². The molecule has 5 nitrogen and oxygen atoms in total. The minimum atomic E-state index is -0.409. The predicted octanol–water partition coefficient (Wildman–Crippen LogP) is 2.88. The van der Waals surface area contributed by atoms with Crippen LogP contribution in [0.5, 0.6) is 11.5 Å². The summed E-state index contributed by atoms with van der Waals surface area (Å²) in [6.45, 7) is 1.36. The summed E-state index contributed by atoms with van der Waals surface area (Å²) in [5, 5.41) is 0. The SMILES string of the molecule is COc1ccc(C(=O)N2CC(OCc3ccc(OC)c(F)c3)C2)cc1. The van der Waals surface area contributed by atoms with E-state index in [4.69, 9.17) is 14.2 Å². The van der Waals surface area contributed by atoms with Crippen LogP contribution in [0, 0.1) is 5.82 Å². The summed E-state index contributed by atoms with van der Waals surface area (Å²) in [5.41, 5.74) is 1.36. The number of likely N-dealkylation sites (tertiary alicyclic amines) is 1. The lowest BCUT2D eigenvalue weighted by Gasteiger charge is -2.39. The fourth-order valence-electron chi connectivity index (χ4n) is 2.64. The number of hydrogen-bond acceptors (Lipinski definition) is 4. The minimum absolute atomic E-state index is 0.0296. The molecule has 0 bridgehead atoms. The van der Waals surface area contributed by atoms with Gasteiger partial charge in [-0.05, 0) is 42.0 Å². The molecule has 0 saturated carbocycles. The Morgan fingerprint density at radius 3 is 2.44 bits per heavy atom. The first-order valence-corrected chi connectivity index (χ1v) is 7.98. The van der Waals surface area contributed by atoms with E-state index in [1.807, 2.05) is 0 Å². The zero-order chi connectivity index (χ0) is 17.8. The van der Waals surface area contributed by atoms with Crippen molar-refractivity contribution in [1.29, 1.82) is 0 Å². The molecule has 1 aliphatic heterocycles. The molecule has 132 valence electrons. The fourth-order valence-corrected chi connectivity index (χ4v) is 2.64. The van der Waals surface area contributed by atoms with Crippen molar-refractivity contribution < 1.29 is 23.4 Å². The topological polar surface area (TPSA) is 48.0 Å². The minimum Gasteiger partial charge on any atom is -0.497 e. The summed E-state index contributed by atoms with van der Waals surface area (Å²) >= 11 is 0. The number of carbonyl (C=O) groups is 1. The van der Waals surface area contributed by atoms with Gasteiger partial charge in [0.05, 0.1) is 26.9 Å². The third-order valence-corrected chi connectivity index (χ3v) is 4.17. The number of ether oxygens (including phenoxy) is 3. The van der Waals surface area contributed by atoms with Gasteiger partial charge in [-0.1, -0.05) is 6.07 Å². The zero-order valence-corrected chi connectivity index (χ0v) is 14.2. The third kappa shape index (κ3) is 3.91. The summed E-state index contributed by atoms with van der Waals surface area (Å²) in [7, 11) is 3.01. The molecule has 0 atom stereocenters. The second-order valence-electron chi connectivity index (χ2n) is 5.84. The van der Waals surface area contributed by atoms with Gasteiger partial charge in [-0.25, -0.2) is 4.39 Å². The van der Waals surface area contributed by atoms with E-state index in [-0.39, 0.29) is 17.8 Å². The maximum absolute atomic E-state index is 13.6. The first-order chi connectivity index (χ1) is 12.1. The Kier molecular flexibility index (Phi) is 5.19. The van der Waals surface area contributed by atoms with Gasteiger partial charge in [-0.15, -0.1) is 0 Å². The van der Waals surface area contributed by atoms with Gasteiger partial charge in [0.15, 0.2) is 11.6 Å². The smallest absolute Gasteiger partial charge is 0.254 e. The lowest BCUT2D eigenvalue weighted by molar-refractivity contribution is -0.0503. The van der Waals surface area contributed by atoms with Crippen LogP contribution in [-0.4, -0.2) is 44.2 Å². The molecule has 0 N–H and O–H groups in total. The van der Waals surface area contributed by atoms with E-state index in [1.165, 1.54) is 13.2 Å². The van der Waals surface area contributed by atoms with Gasteiger partial charge < -0.3 is 19.1 Å². The molecule has 25 heavy (non-hydrogen) atoms. The van der Waals surface area contributed by atoms with Crippen LogP contribution >= 0.6 is 0 Å². The summed E-state index contributed by atoms with van der Waals surface area (Å²) in [6.07, 6.45) is -0.0349. The van der Waals surface area contributed by atoms with Gasteiger partial charge >= 0.3 is 0 Å². The quantitative estimate of drug-likeness (QED) is 0.808. The molecule has 1 fully saturated rings. The van der Waals surface area contributed by atoms with Gasteiger partial charge in [0.2, 0.25) is 0 Å². The number of amides is 1. The lowest BCUT2D eigenvalue weighted by atomic mass is 10.1. The Balaban J connectivity index is 1.47. The molecule has 2 aromatic carbocycles. The number of benzene rings is 2. The van der Waals surface area contributed by atoms with Crippen LogP contribution in [-0.2, 0) is 11.3 Å². The molecule has 0 radical (unpaired) electrons. The molecule has 6 heteroatoms. The van der Waals surface area contributed by atoms with Crippen molar-refractivity contribution in [2.45, 2.75) is 12.7 Å². The van der Waals surface area contributed by atoms with E-state index in [9.17, 15) is 9.18 Å². The third-order valence-electron chi connectivity index (χ3n) is 4.17. The lowest BCUT2D eigenvalue weighted by Crippen LogP contribution is -2.54. The molecule has 1 heterocycles. The molecule has 0 aliphatic carbocycles. The fraction of sp³-hybridized carbons (Fsp3) is 0.316. The van der Waals surface area contributed by atoms with Crippen molar-refractivity contribution in [2.75, 3.05) is 27.3 Å². The highest BCUT2D eigenvalue weighted by Crippen LogP contribution is 2.21. The molecule has 2 aromatic rings. The van der Waals surface area contributed by atoms with Crippen LogP contribution in [0.15, 0.2) is 42.5 Å². The second-order valence-corrected chi connectivity index (χ2v) is 5.84. The normalized spacial score (nSPS) is 14.1. The van der Waals surface area contributed by atoms with E-state index in [0.29, 0.717) is 31.0 Å². The maximum atomic E-state index is 13.6. The highest BCUT2D eigenvalue weighted by molar-refractivity contribution is 5.94. The Hall–Kier alpha value is -2.60. The van der Waals surface area contributed by atoms with Gasteiger partial charge in [-0.3, -0.25) is 4.79 Å². The van der Waals surface area contributed by atoms with Crippen molar-refractivity contribution in [2.24, 2.45) is 0 Å². The zero-order valence-electron chi connectivity index (χ0n) is 14.2. The molecule has 0 aromatic heterocycles. The van der Waals surface area contributed by atoms with Gasteiger partial charge in [-0.2, -0.15) is 0 Å². The number of carbonyl (C=O) groups excluding carboxylic acids is 1. The molecule has 1 amide bonds. The molecular weight excluding hydrogens is 325 g/mol. The summed E-state index contributed by atoms with van der Waals surface area (Å²) in [6, 6.07) is 11.8. The van der Waals surface area contributed by atoms with E-state index < -0.39 is 5.82 Å². The van der Waals surface area contributed by atoms with Crippen LogP contribution in [0.3, 0.4) is 0 Å². The van der Waals surface area contributed by atoms with Crippen molar-refractivity contribution in [3.63, 3.8) is 0 Å². The van der Waals surface area contributed by atoms with Crippen LogP contribution in [0.25, 0.3) is 0 Å². The van der Waals surface area contributed by atoms with Gasteiger partial charge in [0.25, 0.3) is 5.91 Å². The molecular formula is C19H20FNO4. The number of methoxy groups -OCH3 is 2. The standard InChI is InChI=1S/C19H20FNO4/c1-23-15-6-4-14(5-7-15)19(22)21-10-16(11-21)25-12-13-3-8-18(24-2)17(20)9-13/h3-9,16H,10-12H2,1-2H3. The van der Waals surface area contributed by atoms with E-state index in [2.05, 4.69) is 0 Å². The number of hydrogen-bond donors (Lipinski definition) is 0. The van der Waals surface area contributed by atoms with Crippen LogP contribution in [0.2, 0.25) is 0 Å². The summed E-state index contributed by atoms with van der Waals surface area (Å²) in [4.78, 5) is 14.1. The van der Waals surface area contributed by atoms with E-state index in [0.717, 1.165) is 5.56 Å². The van der Waals surface area contributed by atoms with Crippen molar-refractivity contribution in [1.82, 2.24) is 4.90 Å². The molecule has 0 spiro atoms. The average molecular weight is 345 g/mol. The van der Waals surface area contributed by atoms with Crippen molar-refractivity contribution in [3.8, 4) is 11.5 Å². The van der Waals surface area contributed by atoms with Crippen LogP contribution in [0.1, 0.15) is 15.9 Å². The molecule has 0 unspecified atom stereocenters. The highest BCUT2D eigenvalue weighted by Gasteiger charge is 2.31. The van der Waals surface area contributed by atoms with E-state index >= 15 is 0 Å². The number of nitrogens with zero attached hydrogens (tertiary/aromatic N) is 1. The number of halogens is 1. The first-order valence-electron chi connectivity index (χ1n) is 7.98. The monoisotopic (exact) mass is 345 g/mol. The first kappa shape index (κ1) is 17.2. The average Bonchev–Trinajstić information content (AvgIpc) is 2.60. The Bertz CT molecular complexity index is 742. The molecule has 1 aliphatic rings. The molecule has 3 rings (SSSR count). The van der Waals surface area contributed by atoms with Crippen molar-refractivity contribution >= 4 is 5.91 Å². The Morgan fingerprint density at radius 1 is 1.12 bits per heavy atom. The van der Waals surface area contributed by atoms with Crippen LogP contribution < -0.4 is 9.47 Å². The number of rotatable bonds is 6. The molecule has 1 saturated heterocycles. The van der Waals surface area contributed by atoms with Gasteiger partial charge in [0.1, 0.15) is 5.75 Å². The largest absolute Gasteiger partial charge is 0.497 e. The summed E-state index contributed by atoms with van der Waals surface area (Å²) in [5.74, 6) is 0.489. The highest BCUT2D eigenvalue weighted by atomic mass is 19.1. The van der Waals surface area contributed by atoms with Crippen LogP contribution in [0.4, 0.5) is 4.39 Å². The Labute approximate surface area is 145 Å². The second kappa shape index (κ2) is 7.53. The maximum Gasteiger partial charge on any atom is 0.254 e. The van der Waals surface area contributed by atoms with E-state index in [1.54, 1.807) is 48.4 Å².